The minimum absolute atomic E-state index is 0.0579. The number of aromatic nitrogens is 1. The van der Waals surface area contributed by atoms with Crippen molar-refractivity contribution in [1.29, 1.82) is 0 Å². The molecule has 23 heavy (non-hydrogen) atoms. The summed E-state index contributed by atoms with van der Waals surface area (Å²) in [5.41, 5.74) is 2.02. The van der Waals surface area contributed by atoms with Gasteiger partial charge in [-0.25, -0.2) is 0 Å². The number of methoxy groups -OCH3 is 2. The van der Waals surface area contributed by atoms with Gasteiger partial charge in [0.25, 0.3) is 0 Å². The van der Waals surface area contributed by atoms with Gasteiger partial charge in [0, 0.05) is 37.6 Å². The average molecular weight is 314 g/mol. The highest BCUT2D eigenvalue weighted by Gasteiger charge is 2.13. The van der Waals surface area contributed by atoms with Crippen LogP contribution in [-0.4, -0.2) is 43.6 Å². The van der Waals surface area contributed by atoms with Crippen LogP contribution in [0.1, 0.15) is 11.1 Å². The van der Waals surface area contributed by atoms with Crippen molar-refractivity contribution in [2.24, 2.45) is 0 Å². The maximum absolute atomic E-state index is 12.4. The Morgan fingerprint density at radius 2 is 1.87 bits per heavy atom. The van der Waals surface area contributed by atoms with Crippen LogP contribution in [0.3, 0.4) is 0 Å². The minimum Gasteiger partial charge on any atom is -0.497 e. The topological polar surface area (TPSA) is 51.7 Å². The molecule has 1 heterocycles. The molecule has 0 saturated heterocycles. The van der Waals surface area contributed by atoms with Crippen LogP contribution in [0.25, 0.3) is 0 Å². The molecule has 0 fully saturated rings. The second-order valence-corrected chi connectivity index (χ2v) is 5.28. The average Bonchev–Trinajstić information content (AvgIpc) is 2.60. The fourth-order valence-corrected chi connectivity index (χ4v) is 2.27. The van der Waals surface area contributed by atoms with E-state index in [1.54, 1.807) is 37.6 Å². The van der Waals surface area contributed by atoms with Gasteiger partial charge >= 0.3 is 0 Å². The molecule has 0 aliphatic heterocycles. The SMILES string of the molecule is COc1ccc(CC(=O)N(C)CCc2ccncc2)c(OC)c1. The second-order valence-electron chi connectivity index (χ2n) is 5.28. The molecule has 0 aliphatic rings. The zero-order chi connectivity index (χ0) is 16.7. The first-order valence-electron chi connectivity index (χ1n) is 7.48. The lowest BCUT2D eigenvalue weighted by molar-refractivity contribution is -0.129. The smallest absolute Gasteiger partial charge is 0.226 e. The van der Waals surface area contributed by atoms with Crippen LogP contribution in [-0.2, 0) is 17.6 Å². The van der Waals surface area contributed by atoms with Gasteiger partial charge in [0.05, 0.1) is 20.6 Å². The van der Waals surface area contributed by atoms with Gasteiger partial charge in [-0.1, -0.05) is 6.07 Å². The van der Waals surface area contributed by atoms with E-state index in [2.05, 4.69) is 4.98 Å². The van der Waals surface area contributed by atoms with Crippen LogP contribution < -0.4 is 9.47 Å². The number of ether oxygens (including phenoxy) is 2. The molecule has 1 aromatic heterocycles. The maximum Gasteiger partial charge on any atom is 0.226 e. The van der Waals surface area contributed by atoms with Gasteiger partial charge in [0.2, 0.25) is 5.91 Å². The predicted octanol–water partition coefficient (Wildman–Crippen LogP) is 2.34. The van der Waals surface area contributed by atoms with E-state index in [0.29, 0.717) is 24.5 Å². The molecule has 0 spiro atoms. The van der Waals surface area contributed by atoms with Gasteiger partial charge < -0.3 is 14.4 Å². The maximum atomic E-state index is 12.4. The Hall–Kier alpha value is -2.56. The highest BCUT2D eigenvalue weighted by Crippen LogP contribution is 2.25. The Morgan fingerprint density at radius 3 is 2.52 bits per heavy atom. The molecule has 0 aliphatic carbocycles. The van der Waals surface area contributed by atoms with Crippen LogP contribution in [0.4, 0.5) is 0 Å². The molecule has 1 aromatic carbocycles. The molecular weight excluding hydrogens is 292 g/mol. The molecule has 0 bridgehead atoms. The summed E-state index contributed by atoms with van der Waals surface area (Å²) in [6.07, 6.45) is 4.64. The summed E-state index contributed by atoms with van der Waals surface area (Å²) in [4.78, 5) is 18.1. The molecule has 0 unspecified atom stereocenters. The van der Waals surface area contributed by atoms with Crippen molar-refractivity contribution in [1.82, 2.24) is 9.88 Å². The van der Waals surface area contributed by atoms with Crippen LogP contribution in [0.2, 0.25) is 0 Å². The summed E-state index contributed by atoms with van der Waals surface area (Å²) in [7, 11) is 5.02. The molecule has 2 aromatic rings. The number of hydrogen-bond acceptors (Lipinski definition) is 4. The standard InChI is InChI=1S/C18H22N2O3/c1-20(11-8-14-6-9-19-10-7-14)18(21)12-15-4-5-16(22-2)13-17(15)23-3/h4-7,9-10,13H,8,11-12H2,1-3H3. The summed E-state index contributed by atoms with van der Waals surface area (Å²) in [6.45, 7) is 0.668. The van der Waals surface area contributed by atoms with Gasteiger partial charge in [0.1, 0.15) is 11.5 Å². The van der Waals surface area contributed by atoms with Crippen LogP contribution in [0.15, 0.2) is 42.7 Å². The van der Waals surface area contributed by atoms with E-state index in [0.717, 1.165) is 12.0 Å². The third kappa shape index (κ3) is 4.71. The van der Waals surface area contributed by atoms with E-state index >= 15 is 0 Å². The number of benzene rings is 1. The normalized spacial score (nSPS) is 10.2. The largest absolute Gasteiger partial charge is 0.497 e. The number of carbonyl (C=O) groups excluding carboxylic acids is 1. The zero-order valence-electron chi connectivity index (χ0n) is 13.8. The highest BCUT2D eigenvalue weighted by atomic mass is 16.5. The van der Waals surface area contributed by atoms with Crippen molar-refractivity contribution in [3.05, 3.63) is 53.9 Å². The van der Waals surface area contributed by atoms with E-state index in [1.165, 1.54) is 5.56 Å². The Bertz CT molecular complexity index is 644. The molecular formula is C18H22N2O3. The van der Waals surface area contributed by atoms with Gasteiger partial charge in [-0.2, -0.15) is 0 Å². The molecule has 5 heteroatoms. The summed E-state index contributed by atoms with van der Waals surface area (Å²) >= 11 is 0. The number of likely N-dealkylation sites (N-methyl/N-ethyl adjacent to an activating group) is 1. The Morgan fingerprint density at radius 1 is 1.13 bits per heavy atom. The van der Waals surface area contributed by atoms with Crippen LogP contribution in [0, 0.1) is 0 Å². The van der Waals surface area contributed by atoms with Gasteiger partial charge in [0.15, 0.2) is 0 Å². The van der Waals surface area contributed by atoms with Gasteiger partial charge in [-0.05, 0) is 30.2 Å². The molecule has 2 rings (SSSR count). The Labute approximate surface area is 136 Å². The van der Waals surface area contributed by atoms with Crippen LogP contribution in [0.5, 0.6) is 11.5 Å². The molecule has 122 valence electrons. The lowest BCUT2D eigenvalue weighted by atomic mass is 10.1. The van der Waals surface area contributed by atoms with Crippen molar-refractivity contribution in [2.75, 3.05) is 27.8 Å². The fraction of sp³-hybridized carbons (Fsp3) is 0.333. The van der Waals surface area contributed by atoms with Crippen molar-refractivity contribution >= 4 is 5.91 Å². The highest BCUT2D eigenvalue weighted by molar-refractivity contribution is 5.79. The van der Waals surface area contributed by atoms with Crippen molar-refractivity contribution < 1.29 is 14.3 Å². The Kier molecular flexibility index (Phi) is 5.97. The lowest BCUT2D eigenvalue weighted by Crippen LogP contribution is -2.30. The Balaban J connectivity index is 1.95. The first kappa shape index (κ1) is 16.8. The number of nitrogens with zero attached hydrogens (tertiary/aromatic N) is 2. The fourth-order valence-electron chi connectivity index (χ4n) is 2.27. The molecule has 0 radical (unpaired) electrons. The van der Waals surface area contributed by atoms with E-state index < -0.39 is 0 Å². The zero-order valence-corrected chi connectivity index (χ0v) is 13.8. The monoisotopic (exact) mass is 314 g/mol. The van der Waals surface area contributed by atoms with E-state index in [9.17, 15) is 4.79 Å². The van der Waals surface area contributed by atoms with Crippen LogP contribution >= 0.6 is 0 Å². The van der Waals surface area contributed by atoms with Gasteiger partial charge in [-0.3, -0.25) is 9.78 Å². The number of rotatable bonds is 7. The van der Waals surface area contributed by atoms with Gasteiger partial charge in [-0.15, -0.1) is 0 Å². The van der Waals surface area contributed by atoms with E-state index in [4.69, 9.17) is 9.47 Å². The lowest BCUT2D eigenvalue weighted by Gasteiger charge is -2.18. The second kappa shape index (κ2) is 8.17. The quantitative estimate of drug-likeness (QED) is 0.787. The summed E-state index contributed by atoms with van der Waals surface area (Å²) < 4.78 is 10.5. The molecule has 0 atom stereocenters. The van der Waals surface area contributed by atoms with E-state index in [-0.39, 0.29) is 5.91 Å². The third-order valence-corrected chi connectivity index (χ3v) is 3.75. The van der Waals surface area contributed by atoms with Crippen molar-refractivity contribution in [3.63, 3.8) is 0 Å². The first-order chi connectivity index (χ1) is 11.1. The minimum atomic E-state index is 0.0579. The number of amides is 1. The molecule has 0 N–H and O–H groups in total. The molecule has 1 amide bonds. The van der Waals surface area contributed by atoms with E-state index in [1.807, 2.05) is 31.3 Å². The number of hydrogen-bond donors (Lipinski definition) is 0. The van der Waals surface area contributed by atoms with Crippen molar-refractivity contribution in [2.45, 2.75) is 12.8 Å². The van der Waals surface area contributed by atoms with Crippen molar-refractivity contribution in [3.8, 4) is 11.5 Å². The molecule has 0 saturated carbocycles. The predicted molar refractivity (Wildman–Crippen MR) is 88.8 cm³/mol. The summed E-state index contributed by atoms with van der Waals surface area (Å²) in [5.74, 6) is 1.44. The first-order valence-corrected chi connectivity index (χ1v) is 7.48. The number of pyridine rings is 1. The number of carbonyl (C=O) groups is 1. The summed E-state index contributed by atoms with van der Waals surface area (Å²) in [6, 6.07) is 9.42. The summed E-state index contributed by atoms with van der Waals surface area (Å²) in [5, 5.41) is 0. The molecule has 5 nitrogen and oxygen atoms in total. The third-order valence-electron chi connectivity index (χ3n) is 3.75.